The Balaban J connectivity index is 1.59. The molecule has 30 heavy (non-hydrogen) atoms. The van der Waals surface area contributed by atoms with E-state index in [9.17, 15) is 9.59 Å². The highest BCUT2D eigenvalue weighted by Gasteiger charge is 2.30. The second-order valence-electron chi connectivity index (χ2n) is 7.67. The van der Waals surface area contributed by atoms with Gasteiger partial charge in [-0.3, -0.25) is 14.2 Å². The fourth-order valence-corrected chi connectivity index (χ4v) is 4.62. The van der Waals surface area contributed by atoms with Crippen LogP contribution in [0.4, 0.5) is 0 Å². The Hall–Kier alpha value is -3.12. The maximum Gasteiger partial charge on any atom is 0.261 e. The van der Waals surface area contributed by atoms with Gasteiger partial charge in [0.25, 0.3) is 5.56 Å². The van der Waals surface area contributed by atoms with Crippen LogP contribution in [0, 0.1) is 0 Å². The molecule has 0 spiro atoms. The van der Waals surface area contributed by atoms with E-state index in [-0.39, 0.29) is 17.5 Å². The average molecular weight is 416 g/mol. The molecule has 3 aromatic carbocycles. The third-order valence-corrected chi connectivity index (χ3v) is 6.69. The van der Waals surface area contributed by atoms with Crippen molar-refractivity contribution in [3.63, 3.8) is 0 Å². The van der Waals surface area contributed by atoms with E-state index in [0.29, 0.717) is 16.1 Å². The van der Waals surface area contributed by atoms with E-state index in [1.54, 1.807) is 11.6 Å². The van der Waals surface area contributed by atoms with Gasteiger partial charge in [-0.05, 0) is 41.3 Å². The maximum absolute atomic E-state index is 13.1. The van der Waals surface area contributed by atoms with Crippen molar-refractivity contribution in [1.29, 1.82) is 0 Å². The molecule has 4 aromatic rings. The molecule has 1 N–H and O–H groups in total. The Bertz CT molecular complexity index is 1310. The summed E-state index contributed by atoms with van der Waals surface area (Å²) in [7, 11) is 1.72. The highest BCUT2D eigenvalue weighted by atomic mass is 32.2. The number of fused-ring (bicyclic) bond motifs is 2. The van der Waals surface area contributed by atoms with E-state index in [4.69, 9.17) is 4.98 Å². The van der Waals surface area contributed by atoms with Crippen LogP contribution in [0.5, 0.6) is 0 Å². The molecule has 1 amide bonds. The third kappa shape index (κ3) is 3.59. The van der Waals surface area contributed by atoms with Gasteiger partial charge in [-0.2, -0.15) is 0 Å². The summed E-state index contributed by atoms with van der Waals surface area (Å²) in [5.41, 5.74) is 1.44. The molecule has 0 saturated heterocycles. The molecule has 1 heterocycles. The van der Waals surface area contributed by atoms with Crippen LogP contribution in [0.15, 0.2) is 76.7 Å². The van der Waals surface area contributed by atoms with Crippen molar-refractivity contribution in [3.05, 3.63) is 82.6 Å². The predicted molar refractivity (Wildman–Crippen MR) is 121 cm³/mol. The number of nitrogens with zero attached hydrogens (tertiary/aromatic N) is 2. The van der Waals surface area contributed by atoms with Crippen LogP contribution in [0.2, 0.25) is 0 Å². The number of amides is 1. The van der Waals surface area contributed by atoms with Crippen LogP contribution >= 0.6 is 11.8 Å². The van der Waals surface area contributed by atoms with Gasteiger partial charge >= 0.3 is 0 Å². The number of carbonyl (C=O) groups is 1. The number of benzene rings is 3. The number of rotatable bonds is 5. The maximum atomic E-state index is 13.1. The second kappa shape index (κ2) is 7.61. The van der Waals surface area contributed by atoms with Gasteiger partial charge in [0, 0.05) is 13.1 Å². The first kappa shape index (κ1) is 18.9. The summed E-state index contributed by atoms with van der Waals surface area (Å²) in [6.45, 7) is 0. The molecule has 0 radical (unpaired) electrons. The lowest BCUT2D eigenvalue weighted by Gasteiger charge is -2.18. The molecule has 0 bridgehead atoms. The Morgan fingerprint density at radius 1 is 1.07 bits per heavy atom. The Morgan fingerprint density at radius 2 is 1.73 bits per heavy atom. The Morgan fingerprint density at radius 3 is 2.43 bits per heavy atom. The summed E-state index contributed by atoms with van der Waals surface area (Å²) in [5, 5.41) is 5.78. The van der Waals surface area contributed by atoms with Crippen LogP contribution in [-0.4, -0.2) is 21.5 Å². The second-order valence-corrected chi connectivity index (χ2v) is 8.74. The van der Waals surface area contributed by atoms with E-state index in [2.05, 4.69) is 5.32 Å². The number of thioether (sulfide) groups is 1. The van der Waals surface area contributed by atoms with Gasteiger partial charge in [0.15, 0.2) is 5.16 Å². The quantitative estimate of drug-likeness (QED) is 0.301. The molecule has 1 aromatic heterocycles. The third-order valence-electron chi connectivity index (χ3n) is 5.39. The molecule has 0 unspecified atom stereocenters. The lowest BCUT2D eigenvalue weighted by Crippen LogP contribution is -2.30. The minimum absolute atomic E-state index is 0.0402. The summed E-state index contributed by atoms with van der Waals surface area (Å²) in [5.74, 6) is -0.0402. The monoisotopic (exact) mass is 415 g/mol. The van der Waals surface area contributed by atoms with Crippen molar-refractivity contribution in [1.82, 2.24) is 14.9 Å². The Labute approximate surface area is 178 Å². The lowest BCUT2D eigenvalue weighted by molar-refractivity contribution is -0.120. The van der Waals surface area contributed by atoms with Gasteiger partial charge in [-0.25, -0.2) is 4.98 Å². The van der Waals surface area contributed by atoms with Crippen LogP contribution < -0.4 is 10.9 Å². The predicted octanol–water partition coefficient (Wildman–Crippen LogP) is 4.20. The SMILES string of the molecule is Cn1c(S[C@H](C(=O)NC2CC2)c2ccccc2)nc2cc3ccccc3cc2c1=O. The highest BCUT2D eigenvalue weighted by molar-refractivity contribution is 8.00. The molecule has 1 saturated carbocycles. The van der Waals surface area contributed by atoms with Crippen LogP contribution in [0.1, 0.15) is 23.7 Å². The molecule has 1 aliphatic rings. The van der Waals surface area contributed by atoms with Crippen LogP contribution in [0.3, 0.4) is 0 Å². The summed E-state index contributed by atoms with van der Waals surface area (Å²) < 4.78 is 1.54. The van der Waals surface area contributed by atoms with Crippen molar-refractivity contribution in [3.8, 4) is 0 Å². The fraction of sp³-hybridized carbons (Fsp3) is 0.208. The van der Waals surface area contributed by atoms with Crippen LogP contribution in [0.25, 0.3) is 21.7 Å². The zero-order chi connectivity index (χ0) is 20.7. The summed E-state index contributed by atoms with van der Waals surface area (Å²) in [4.78, 5) is 30.8. The molecule has 6 heteroatoms. The van der Waals surface area contributed by atoms with Gasteiger partial charge in [0.1, 0.15) is 5.25 Å². The minimum atomic E-state index is -0.470. The molecule has 1 atom stereocenters. The first-order valence-electron chi connectivity index (χ1n) is 10.0. The molecule has 150 valence electrons. The molecular formula is C24H21N3O2S. The zero-order valence-electron chi connectivity index (χ0n) is 16.5. The van der Waals surface area contributed by atoms with E-state index in [1.807, 2.05) is 66.7 Å². The van der Waals surface area contributed by atoms with Crippen molar-refractivity contribution in [2.45, 2.75) is 29.3 Å². The highest BCUT2D eigenvalue weighted by Crippen LogP contribution is 2.35. The number of nitrogens with one attached hydrogen (secondary N) is 1. The van der Waals surface area contributed by atoms with Gasteiger partial charge in [-0.1, -0.05) is 66.4 Å². The van der Waals surface area contributed by atoms with Crippen molar-refractivity contribution >= 4 is 39.3 Å². The fourth-order valence-electron chi connectivity index (χ4n) is 3.55. The number of hydrogen-bond acceptors (Lipinski definition) is 4. The van der Waals surface area contributed by atoms with Gasteiger partial charge in [-0.15, -0.1) is 0 Å². The van der Waals surface area contributed by atoms with E-state index in [0.717, 1.165) is 29.2 Å². The summed E-state index contributed by atoms with van der Waals surface area (Å²) >= 11 is 1.32. The first-order valence-corrected chi connectivity index (χ1v) is 10.9. The van der Waals surface area contributed by atoms with Crippen molar-refractivity contribution in [2.24, 2.45) is 7.05 Å². The molecule has 5 rings (SSSR count). The molecule has 1 aliphatic carbocycles. The Kier molecular flexibility index (Phi) is 4.79. The normalized spacial score (nSPS) is 14.7. The van der Waals surface area contributed by atoms with E-state index < -0.39 is 5.25 Å². The smallest absolute Gasteiger partial charge is 0.261 e. The average Bonchev–Trinajstić information content (AvgIpc) is 3.58. The van der Waals surface area contributed by atoms with Crippen molar-refractivity contribution in [2.75, 3.05) is 0 Å². The molecule has 0 aliphatic heterocycles. The minimum Gasteiger partial charge on any atom is -0.352 e. The first-order chi connectivity index (χ1) is 14.6. The molecule has 1 fully saturated rings. The zero-order valence-corrected chi connectivity index (χ0v) is 17.4. The summed E-state index contributed by atoms with van der Waals surface area (Å²) in [6, 6.07) is 21.7. The van der Waals surface area contributed by atoms with Gasteiger partial charge < -0.3 is 5.32 Å². The lowest BCUT2D eigenvalue weighted by atomic mass is 10.1. The largest absolute Gasteiger partial charge is 0.352 e. The van der Waals surface area contributed by atoms with Crippen molar-refractivity contribution < 1.29 is 4.79 Å². The van der Waals surface area contributed by atoms with E-state index >= 15 is 0 Å². The van der Waals surface area contributed by atoms with Gasteiger partial charge in [0.05, 0.1) is 10.9 Å². The van der Waals surface area contributed by atoms with Crippen LogP contribution in [-0.2, 0) is 11.8 Å². The summed E-state index contributed by atoms with van der Waals surface area (Å²) in [6.07, 6.45) is 2.05. The van der Waals surface area contributed by atoms with E-state index in [1.165, 1.54) is 11.8 Å². The molecular weight excluding hydrogens is 394 g/mol. The number of hydrogen-bond donors (Lipinski definition) is 1. The number of aromatic nitrogens is 2. The topological polar surface area (TPSA) is 64.0 Å². The van der Waals surface area contributed by atoms with Gasteiger partial charge in [0.2, 0.25) is 5.91 Å². The molecule has 5 nitrogen and oxygen atoms in total. The number of carbonyl (C=O) groups excluding carboxylic acids is 1. The standard InChI is InChI=1S/C24H21N3O2S/c1-27-23(29)19-13-16-9-5-6-10-17(16)14-20(19)26-24(27)30-21(15-7-3-2-4-8-15)22(28)25-18-11-12-18/h2-10,13-14,18,21H,11-12H2,1H3,(H,25,28)/t21-/m0/s1.